The van der Waals surface area contributed by atoms with Crippen LogP contribution in [0.2, 0.25) is 0 Å². The Morgan fingerprint density at radius 3 is 2.65 bits per heavy atom. The molecule has 31 heavy (non-hydrogen) atoms. The highest BCUT2D eigenvalue weighted by Gasteiger charge is 2.30. The maximum absolute atomic E-state index is 12.5. The SMILES string of the molecule is COc1cc2c(cc1OC)[C@H](CNC(=O)c1ccco1)N(Cc1cccc(C)c1)CC2. The lowest BCUT2D eigenvalue weighted by Gasteiger charge is -2.38. The first-order chi connectivity index (χ1) is 15.1. The molecule has 6 nitrogen and oxygen atoms in total. The number of nitrogens with one attached hydrogen (secondary N) is 1. The van der Waals surface area contributed by atoms with Gasteiger partial charge in [-0.25, -0.2) is 0 Å². The Hall–Kier alpha value is -3.25. The summed E-state index contributed by atoms with van der Waals surface area (Å²) in [6.07, 6.45) is 2.41. The summed E-state index contributed by atoms with van der Waals surface area (Å²) in [5, 5.41) is 3.04. The molecular formula is C25H28N2O4. The van der Waals surface area contributed by atoms with E-state index in [1.54, 1.807) is 26.4 Å². The van der Waals surface area contributed by atoms with Crippen molar-refractivity contribution in [3.05, 3.63) is 82.8 Å². The van der Waals surface area contributed by atoms with Crippen molar-refractivity contribution in [1.82, 2.24) is 10.2 Å². The number of methoxy groups -OCH3 is 2. The maximum atomic E-state index is 12.5. The Morgan fingerprint density at radius 2 is 1.94 bits per heavy atom. The van der Waals surface area contributed by atoms with Crippen LogP contribution in [0.4, 0.5) is 0 Å². The van der Waals surface area contributed by atoms with E-state index in [4.69, 9.17) is 13.9 Å². The van der Waals surface area contributed by atoms with Crippen molar-refractivity contribution < 1.29 is 18.7 Å². The van der Waals surface area contributed by atoms with Gasteiger partial charge in [0, 0.05) is 19.6 Å². The van der Waals surface area contributed by atoms with Crippen molar-refractivity contribution in [3.8, 4) is 11.5 Å². The molecule has 6 heteroatoms. The molecule has 0 spiro atoms. The van der Waals surface area contributed by atoms with Gasteiger partial charge >= 0.3 is 0 Å². The van der Waals surface area contributed by atoms with E-state index in [0.717, 1.165) is 30.8 Å². The summed E-state index contributed by atoms with van der Waals surface area (Å²) >= 11 is 0. The van der Waals surface area contributed by atoms with E-state index < -0.39 is 0 Å². The number of fused-ring (bicyclic) bond motifs is 1. The van der Waals surface area contributed by atoms with Gasteiger partial charge in [0.25, 0.3) is 5.91 Å². The Bertz CT molecular complexity index is 1050. The van der Waals surface area contributed by atoms with Crippen molar-refractivity contribution in [2.24, 2.45) is 0 Å². The fourth-order valence-corrected chi connectivity index (χ4v) is 4.24. The highest BCUT2D eigenvalue weighted by molar-refractivity contribution is 5.91. The first kappa shape index (κ1) is 21.0. The molecule has 0 radical (unpaired) electrons. The van der Waals surface area contributed by atoms with Gasteiger partial charge in [-0.15, -0.1) is 0 Å². The largest absolute Gasteiger partial charge is 0.493 e. The van der Waals surface area contributed by atoms with Gasteiger partial charge in [0.05, 0.1) is 26.5 Å². The molecule has 0 fully saturated rings. The van der Waals surface area contributed by atoms with Gasteiger partial charge in [-0.1, -0.05) is 29.8 Å². The van der Waals surface area contributed by atoms with Crippen LogP contribution in [0.3, 0.4) is 0 Å². The highest BCUT2D eigenvalue weighted by Crippen LogP contribution is 2.38. The van der Waals surface area contributed by atoms with Crippen molar-refractivity contribution >= 4 is 5.91 Å². The standard InChI is InChI=1S/C25H28N2O4/c1-17-6-4-7-18(12-17)16-27-10-9-19-13-23(29-2)24(30-3)14-20(19)21(27)15-26-25(28)22-8-5-11-31-22/h4-8,11-14,21H,9-10,15-16H2,1-3H3,(H,26,28)/t21-/m0/s1. The van der Waals surface area contributed by atoms with Crippen LogP contribution in [0, 0.1) is 6.92 Å². The lowest BCUT2D eigenvalue weighted by molar-refractivity contribution is 0.0898. The molecule has 2 aromatic carbocycles. The van der Waals surface area contributed by atoms with Gasteiger partial charge in [-0.05, 0) is 54.3 Å². The summed E-state index contributed by atoms with van der Waals surface area (Å²) < 4.78 is 16.3. The Balaban J connectivity index is 1.64. The number of rotatable bonds is 7. The topological polar surface area (TPSA) is 63.9 Å². The summed E-state index contributed by atoms with van der Waals surface area (Å²) in [7, 11) is 3.30. The van der Waals surface area contributed by atoms with Crippen LogP contribution < -0.4 is 14.8 Å². The van der Waals surface area contributed by atoms with Crippen LogP contribution in [-0.4, -0.2) is 38.1 Å². The summed E-state index contributed by atoms with van der Waals surface area (Å²) in [5.41, 5.74) is 4.86. The van der Waals surface area contributed by atoms with Crippen LogP contribution in [-0.2, 0) is 13.0 Å². The van der Waals surface area contributed by atoms with E-state index >= 15 is 0 Å². The average molecular weight is 421 g/mol. The number of aryl methyl sites for hydroxylation is 1. The first-order valence-electron chi connectivity index (χ1n) is 10.4. The van der Waals surface area contributed by atoms with Crippen LogP contribution in [0.15, 0.2) is 59.2 Å². The Labute approximate surface area is 182 Å². The van der Waals surface area contributed by atoms with E-state index in [2.05, 4.69) is 47.5 Å². The van der Waals surface area contributed by atoms with Gasteiger partial charge in [-0.2, -0.15) is 0 Å². The summed E-state index contributed by atoms with van der Waals surface area (Å²) in [5.74, 6) is 1.52. The number of benzene rings is 2. The molecule has 162 valence electrons. The Morgan fingerprint density at radius 1 is 1.13 bits per heavy atom. The second-order valence-corrected chi connectivity index (χ2v) is 7.82. The van der Waals surface area contributed by atoms with Gasteiger partial charge < -0.3 is 19.2 Å². The van der Waals surface area contributed by atoms with E-state index in [1.165, 1.54) is 23.0 Å². The number of amides is 1. The second-order valence-electron chi connectivity index (χ2n) is 7.82. The maximum Gasteiger partial charge on any atom is 0.287 e. The van der Waals surface area contributed by atoms with E-state index in [0.29, 0.717) is 18.1 Å². The third kappa shape index (κ3) is 4.59. The lowest BCUT2D eigenvalue weighted by atomic mass is 9.91. The van der Waals surface area contributed by atoms with Gasteiger partial charge in [0.1, 0.15) is 0 Å². The molecule has 4 rings (SSSR count). The molecule has 3 aromatic rings. The molecule has 2 heterocycles. The number of carbonyl (C=O) groups excluding carboxylic acids is 1. The molecule has 1 atom stereocenters. The minimum Gasteiger partial charge on any atom is -0.493 e. The molecule has 1 aromatic heterocycles. The van der Waals surface area contributed by atoms with Crippen LogP contribution in [0.1, 0.15) is 38.9 Å². The minimum atomic E-state index is -0.215. The monoisotopic (exact) mass is 420 g/mol. The number of carbonyl (C=O) groups is 1. The van der Waals surface area contributed by atoms with Gasteiger partial charge in [-0.3, -0.25) is 9.69 Å². The summed E-state index contributed by atoms with van der Waals surface area (Å²) in [4.78, 5) is 14.9. The zero-order valence-corrected chi connectivity index (χ0v) is 18.2. The quantitative estimate of drug-likeness (QED) is 0.623. The van der Waals surface area contributed by atoms with Crippen molar-refractivity contribution in [1.29, 1.82) is 0 Å². The molecule has 1 N–H and O–H groups in total. The van der Waals surface area contributed by atoms with Crippen molar-refractivity contribution in [3.63, 3.8) is 0 Å². The molecule has 0 saturated carbocycles. The normalized spacial score (nSPS) is 15.9. The third-order valence-corrected chi connectivity index (χ3v) is 5.78. The Kier molecular flexibility index (Phi) is 6.28. The lowest BCUT2D eigenvalue weighted by Crippen LogP contribution is -2.41. The number of furan rings is 1. The number of nitrogens with zero attached hydrogens (tertiary/aromatic N) is 1. The number of hydrogen-bond acceptors (Lipinski definition) is 5. The summed E-state index contributed by atoms with van der Waals surface area (Å²) in [6, 6.07) is 16.0. The van der Waals surface area contributed by atoms with Gasteiger partial charge in [0.2, 0.25) is 0 Å². The molecule has 0 aliphatic carbocycles. The molecule has 1 aliphatic rings. The van der Waals surface area contributed by atoms with E-state index in [9.17, 15) is 4.79 Å². The number of ether oxygens (including phenoxy) is 2. The van der Waals surface area contributed by atoms with Gasteiger partial charge in [0.15, 0.2) is 17.3 Å². The van der Waals surface area contributed by atoms with E-state index in [-0.39, 0.29) is 11.9 Å². The predicted molar refractivity (Wildman–Crippen MR) is 119 cm³/mol. The average Bonchev–Trinajstić information content (AvgIpc) is 3.32. The third-order valence-electron chi connectivity index (χ3n) is 5.78. The van der Waals surface area contributed by atoms with Crippen molar-refractivity contribution in [2.45, 2.75) is 25.9 Å². The van der Waals surface area contributed by atoms with Crippen LogP contribution in [0.5, 0.6) is 11.5 Å². The summed E-state index contributed by atoms with van der Waals surface area (Å²) in [6.45, 7) is 4.26. The molecule has 0 saturated heterocycles. The van der Waals surface area contributed by atoms with E-state index in [1.807, 2.05) is 6.07 Å². The van der Waals surface area contributed by atoms with Crippen LogP contribution in [0.25, 0.3) is 0 Å². The zero-order chi connectivity index (χ0) is 21.8. The van der Waals surface area contributed by atoms with Crippen LogP contribution >= 0.6 is 0 Å². The minimum absolute atomic E-state index is 0.00276. The molecular weight excluding hydrogens is 392 g/mol. The number of hydrogen-bond donors (Lipinski definition) is 1. The first-order valence-corrected chi connectivity index (χ1v) is 10.4. The molecule has 1 amide bonds. The molecule has 0 bridgehead atoms. The molecule has 0 unspecified atom stereocenters. The highest BCUT2D eigenvalue weighted by atomic mass is 16.5. The smallest absolute Gasteiger partial charge is 0.287 e. The zero-order valence-electron chi connectivity index (χ0n) is 18.2. The molecule has 1 aliphatic heterocycles. The second kappa shape index (κ2) is 9.27. The fraction of sp³-hybridized carbons (Fsp3) is 0.320. The van der Waals surface area contributed by atoms with Crippen molar-refractivity contribution in [2.75, 3.05) is 27.3 Å². The fourth-order valence-electron chi connectivity index (χ4n) is 4.24. The predicted octanol–water partition coefficient (Wildman–Crippen LogP) is 4.13.